The molecule has 2 aromatic carbocycles. The van der Waals surface area contributed by atoms with Crippen LogP contribution in [0.15, 0.2) is 48.5 Å². The normalized spacial score (nSPS) is 17.7. The summed E-state index contributed by atoms with van der Waals surface area (Å²) in [4.78, 5) is 12.7. The molecule has 1 N–H and O–H groups in total. The van der Waals surface area contributed by atoms with Gasteiger partial charge in [-0.1, -0.05) is 48.9 Å². The summed E-state index contributed by atoms with van der Waals surface area (Å²) in [7, 11) is 0. The highest BCUT2D eigenvalue weighted by molar-refractivity contribution is 6.30. The largest absolute Gasteiger partial charge is 0.481 e. The Balaban J connectivity index is 1.69. The van der Waals surface area contributed by atoms with Crippen molar-refractivity contribution in [1.29, 1.82) is 0 Å². The van der Waals surface area contributed by atoms with Gasteiger partial charge in [0, 0.05) is 5.02 Å². The highest BCUT2D eigenvalue weighted by atomic mass is 35.5. The molecule has 0 spiro atoms. The van der Waals surface area contributed by atoms with E-state index < -0.39 is 6.10 Å². The van der Waals surface area contributed by atoms with Crippen molar-refractivity contribution in [3.05, 3.63) is 64.7 Å². The molecule has 0 saturated carbocycles. The molecule has 126 valence electrons. The lowest BCUT2D eigenvalue weighted by atomic mass is 9.87. The first-order chi connectivity index (χ1) is 11.7. The molecule has 0 aromatic heterocycles. The van der Waals surface area contributed by atoms with Gasteiger partial charge in [-0.25, -0.2) is 0 Å². The van der Waals surface area contributed by atoms with Crippen LogP contribution in [0.4, 0.5) is 0 Å². The van der Waals surface area contributed by atoms with Crippen molar-refractivity contribution >= 4 is 17.5 Å². The number of rotatable bonds is 5. The van der Waals surface area contributed by atoms with Crippen LogP contribution in [-0.4, -0.2) is 12.0 Å². The molecular formula is C20H22ClNO2. The number of carbonyl (C=O) groups excluding carboxylic acids is 1. The van der Waals surface area contributed by atoms with Crippen molar-refractivity contribution in [3.63, 3.8) is 0 Å². The van der Waals surface area contributed by atoms with Crippen molar-refractivity contribution in [3.8, 4) is 5.75 Å². The van der Waals surface area contributed by atoms with E-state index in [9.17, 15) is 4.79 Å². The predicted molar refractivity (Wildman–Crippen MR) is 96.4 cm³/mol. The Hall–Kier alpha value is -2.00. The van der Waals surface area contributed by atoms with Crippen LogP contribution in [0.25, 0.3) is 0 Å². The van der Waals surface area contributed by atoms with Crippen molar-refractivity contribution in [2.24, 2.45) is 0 Å². The number of ether oxygens (including phenoxy) is 1. The Kier molecular flexibility index (Phi) is 5.41. The molecule has 1 aliphatic rings. The summed E-state index contributed by atoms with van der Waals surface area (Å²) in [5.74, 6) is 0.549. The molecule has 24 heavy (non-hydrogen) atoms. The number of halogens is 1. The molecule has 2 atom stereocenters. The van der Waals surface area contributed by atoms with E-state index in [4.69, 9.17) is 16.3 Å². The summed E-state index contributed by atoms with van der Waals surface area (Å²) in [6.07, 6.45) is 3.23. The summed E-state index contributed by atoms with van der Waals surface area (Å²) in [5.41, 5.74) is 2.56. The minimum Gasteiger partial charge on any atom is -0.481 e. The van der Waals surface area contributed by atoms with Crippen LogP contribution in [-0.2, 0) is 11.2 Å². The molecule has 0 bridgehead atoms. The lowest BCUT2D eigenvalue weighted by molar-refractivity contribution is -0.129. The predicted octanol–water partition coefficient (Wildman–Crippen LogP) is 4.69. The molecule has 3 rings (SSSR count). The first kappa shape index (κ1) is 16.8. The second kappa shape index (κ2) is 7.71. The van der Waals surface area contributed by atoms with Crippen molar-refractivity contribution < 1.29 is 9.53 Å². The fraction of sp³-hybridized carbons (Fsp3) is 0.350. The van der Waals surface area contributed by atoms with Gasteiger partial charge in [-0.05, 0) is 55.0 Å². The van der Waals surface area contributed by atoms with E-state index in [1.807, 2.05) is 25.1 Å². The molecule has 4 heteroatoms. The van der Waals surface area contributed by atoms with Crippen molar-refractivity contribution in [2.45, 2.75) is 44.8 Å². The Labute approximate surface area is 148 Å². The van der Waals surface area contributed by atoms with Crippen LogP contribution in [0.1, 0.15) is 43.4 Å². The standard InChI is InChI=1S/C20H22ClNO2/c1-2-19(24-16-10-6-9-15(21)13-16)20(23)22-18-12-5-8-14-7-3-4-11-17(14)18/h3-4,6-7,9-11,13,18-19H,2,5,8,12H2,1H3,(H,22,23)/t18-,19-/m0/s1. The second-order valence-electron chi connectivity index (χ2n) is 6.12. The van der Waals surface area contributed by atoms with E-state index in [1.54, 1.807) is 12.1 Å². The maximum atomic E-state index is 12.7. The molecule has 2 aromatic rings. The number of hydrogen-bond acceptors (Lipinski definition) is 2. The third kappa shape index (κ3) is 3.90. The first-order valence-electron chi connectivity index (χ1n) is 8.47. The summed E-state index contributed by atoms with van der Waals surface area (Å²) in [6, 6.07) is 15.6. The van der Waals surface area contributed by atoms with Gasteiger partial charge in [0.2, 0.25) is 0 Å². The Morgan fingerprint density at radius 2 is 2.12 bits per heavy atom. The van der Waals surface area contributed by atoms with Crippen LogP contribution >= 0.6 is 11.6 Å². The van der Waals surface area contributed by atoms with Crippen LogP contribution in [0.2, 0.25) is 5.02 Å². The third-order valence-electron chi connectivity index (χ3n) is 4.42. The minimum atomic E-state index is -0.516. The molecule has 1 amide bonds. The van der Waals surface area contributed by atoms with Crippen molar-refractivity contribution in [1.82, 2.24) is 5.32 Å². The monoisotopic (exact) mass is 343 g/mol. The van der Waals surface area contributed by atoms with Gasteiger partial charge in [0.25, 0.3) is 5.91 Å². The van der Waals surface area contributed by atoms with Gasteiger partial charge in [0.15, 0.2) is 6.10 Å². The molecule has 3 nitrogen and oxygen atoms in total. The van der Waals surface area contributed by atoms with Crippen LogP contribution in [0.3, 0.4) is 0 Å². The highest BCUT2D eigenvalue weighted by Gasteiger charge is 2.25. The summed E-state index contributed by atoms with van der Waals surface area (Å²) >= 11 is 5.98. The zero-order valence-corrected chi connectivity index (χ0v) is 14.6. The third-order valence-corrected chi connectivity index (χ3v) is 4.66. The topological polar surface area (TPSA) is 38.3 Å². The molecular weight excluding hydrogens is 322 g/mol. The Morgan fingerprint density at radius 1 is 1.29 bits per heavy atom. The van der Waals surface area contributed by atoms with E-state index in [1.165, 1.54) is 11.1 Å². The summed E-state index contributed by atoms with van der Waals surface area (Å²) in [6.45, 7) is 1.95. The van der Waals surface area contributed by atoms with E-state index in [0.717, 1.165) is 19.3 Å². The van der Waals surface area contributed by atoms with Gasteiger partial charge in [0.05, 0.1) is 6.04 Å². The van der Waals surface area contributed by atoms with Crippen LogP contribution in [0.5, 0.6) is 5.75 Å². The van der Waals surface area contributed by atoms with Gasteiger partial charge in [-0.2, -0.15) is 0 Å². The molecule has 0 fully saturated rings. The Bertz CT molecular complexity index is 716. The summed E-state index contributed by atoms with van der Waals surface area (Å²) in [5, 5.41) is 3.76. The fourth-order valence-corrected chi connectivity index (χ4v) is 3.38. The van der Waals surface area contributed by atoms with E-state index in [-0.39, 0.29) is 11.9 Å². The average Bonchev–Trinajstić information content (AvgIpc) is 2.60. The Morgan fingerprint density at radius 3 is 2.92 bits per heavy atom. The number of nitrogens with one attached hydrogen (secondary N) is 1. The highest BCUT2D eigenvalue weighted by Crippen LogP contribution is 2.29. The number of carbonyl (C=O) groups is 1. The van der Waals surface area contributed by atoms with Gasteiger partial charge >= 0.3 is 0 Å². The van der Waals surface area contributed by atoms with E-state index >= 15 is 0 Å². The minimum absolute atomic E-state index is 0.0689. The average molecular weight is 344 g/mol. The van der Waals surface area contributed by atoms with Crippen molar-refractivity contribution in [2.75, 3.05) is 0 Å². The quantitative estimate of drug-likeness (QED) is 0.855. The maximum absolute atomic E-state index is 12.7. The molecule has 0 radical (unpaired) electrons. The van der Waals surface area contributed by atoms with Crippen LogP contribution < -0.4 is 10.1 Å². The van der Waals surface area contributed by atoms with E-state index in [2.05, 4.69) is 23.5 Å². The first-order valence-corrected chi connectivity index (χ1v) is 8.85. The second-order valence-corrected chi connectivity index (χ2v) is 6.56. The van der Waals surface area contributed by atoms with E-state index in [0.29, 0.717) is 17.2 Å². The smallest absolute Gasteiger partial charge is 0.261 e. The number of fused-ring (bicyclic) bond motifs is 1. The van der Waals surface area contributed by atoms with Gasteiger partial charge in [-0.3, -0.25) is 4.79 Å². The number of hydrogen-bond donors (Lipinski definition) is 1. The molecule has 0 heterocycles. The zero-order chi connectivity index (χ0) is 16.9. The zero-order valence-electron chi connectivity index (χ0n) is 13.8. The number of amides is 1. The number of benzene rings is 2. The molecule has 0 saturated heterocycles. The van der Waals surface area contributed by atoms with Crippen LogP contribution in [0, 0.1) is 0 Å². The fourth-order valence-electron chi connectivity index (χ4n) is 3.20. The maximum Gasteiger partial charge on any atom is 0.261 e. The molecule has 0 aliphatic heterocycles. The van der Waals surface area contributed by atoms with Gasteiger partial charge in [-0.15, -0.1) is 0 Å². The van der Waals surface area contributed by atoms with Gasteiger partial charge in [0.1, 0.15) is 5.75 Å². The number of aryl methyl sites for hydroxylation is 1. The SMILES string of the molecule is CC[C@H](Oc1cccc(Cl)c1)C(=O)N[C@H]1CCCc2ccccc21. The lowest BCUT2D eigenvalue weighted by Gasteiger charge is -2.28. The van der Waals surface area contributed by atoms with Gasteiger partial charge < -0.3 is 10.1 Å². The molecule has 0 unspecified atom stereocenters. The summed E-state index contributed by atoms with van der Waals surface area (Å²) < 4.78 is 5.84. The molecule has 1 aliphatic carbocycles. The lowest BCUT2D eigenvalue weighted by Crippen LogP contribution is -2.40.